The van der Waals surface area contributed by atoms with E-state index >= 15 is 0 Å². The van der Waals surface area contributed by atoms with Gasteiger partial charge in [-0.3, -0.25) is 4.79 Å². The summed E-state index contributed by atoms with van der Waals surface area (Å²) in [5.41, 5.74) is 0.729. The van der Waals surface area contributed by atoms with Gasteiger partial charge in [-0.05, 0) is 18.6 Å². The SMILES string of the molecule is COc1cc(Br)c(C)c(C(C)(C)CC(=O)O)c1O. The summed E-state index contributed by atoms with van der Waals surface area (Å²) in [4.78, 5) is 10.9. The average molecular weight is 317 g/mol. The van der Waals surface area contributed by atoms with E-state index in [-0.39, 0.29) is 12.2 Å². The summed E-state index contributed by atoms with van der Waals surface area (Å²) < 4.78 is 5.88. The zero-order chi connectivity index (χ0) is 14.1. The zero-order valence-corrected chi connectivity index (χ0v) is 12.5. The fraction of sp³-hybridized carbons (Fsp3) is 0.462. The van der Waals surface area contributed by atoms with Crippen LogP contribution in [0.2, 0.25) is 0 Å². The minimum Gasteiger partial charge on any atom is -0.504 e. The molecule has 0 atom stereocenters. The Labute approximate surface area is 115 Å². The molecule has 2 N–H and O–H groups in total. The van der Waals surface area contributed by atoms with Gasteiger partial charge in [0.1, 0.15) is 0 Å². The smallest absolute Gasteiger partial charge is 0.304 e. The van der Waals surface area contributed by atoms with Crippen molar-refractivity contribution in [3.05, 3.63) is 21.7 Å². The van der Waals surface area contributed by atoms with Gasteiger partial charge in [-0.25, -0.2) is 0 Å². The molecule has 0 bridgehead atoms. The zero-order valence-electron chi connectivity index (χ0n) is 10.9. The number of aliphatic carboxylic acids is 1. The third kappa shape index (κ3) is 2.77. The highest BCUT2D eigenvalue weighted by Crippen LogP contribution is 2.44. The van der Waals surface area contributed by atoms with Crippen molar-refractivity contribution >= 4 is 21.9 Å². The van der Waals surface area contributed by atoms with E-state index < -0.39 is 11.4 Å². The Morgan fingerprint density at radius 1 is 1.50 bits per heavy atom. The van der Waals surface area contributed by atoms with Gasteiger partial charge < -0.3 is 14.9 Å². The molecule has 100 valence electrons. The van der Waals surface area contributed by atoms with Crippen LogP contribution in [-0.2, 0) is 10.2 Å². The molecule has 0 spiro atoms. The van der Waals surface area contributed by atoms with Gasteiger partial charge in [-0.1, -0.05) is 29.8 Å². The Hall–Kier alpha value is -1.23. The molecule has 1 aromatic rings. The molecule has 0 aromatic heterocycles. The summed E-state index contributed by atoms with van der Waals surface area (Å²) in [5.74, 6) is -0.567. The molecular weight excluding hydrogens is 300 g/mol. The van der Waals surface area contributed by atoms with Crippen LogP contribution in [0.4, 0.5) is 0 Å². The molecule has 0 aliphatic heterocycles. The van der Waals surface area contributed by atoms with Gasteiger partial charge in [0.25, 0.3) is 0 Å². The van der Waals surface area contributed by atoms with E-state index in [1.165, 1.54) is 7.11 Å². The maximum absolute atomic E-state index is 10.9. The number of hydrogen-bond donors (Lipinski definition) is 2. The third-order valence-electron chi connectivity index (χ3n) is 2.95. The molecule has 0 fully saturated rings. The summed E-state index contributed by atoms with van der Waals surface area (Å²) in [6, 6.07) is 1.67. The molecule has 0 saturated carbocycles. The Bertz CT molecular complexity index is 480. The van der Waals surface area contributed by atoms with E-state index in [0.29, 0.717) is 11.3 Å². The van der Waals surface area contributed by atoms with Gasteiger partial charge in [-0.2, -0.15) is 0 Å². The molecule has 18 heavy (non-hydrogen) atoms. The monoisotopic (exact) mass is 316 g/mol. The van der Waals surface area contributed by atoms with Crippen LogP contribution in [0.15, 0.2) is 10.5 Å². The van der Waals surface area contributed by atoms with E-state index in [1.54, 1.807) is 19.9 Å². The standard InChI is InChI=1S/C13H17BrO4/c1-7-8(14)5-9(18-4)12(17)11(7)13(2,3)6-10(15)16/h5,17H,6H2,1-4H3,(H,15,16). The highest BCUT2D eigenvalue weighted by atomic mass is 79.9. The van der Waals surface area contributed by atoms with Crippen molar-refractivity contribution in [3.63, 3.8) is 0 Å². The lowest BCUT2D eigenvalue weighted by Gasteiger charge is -2.27. The van der Waals surface area contributed by atoms with Crippen LogP contribution >= 0.6 is 15.9 Å². The number of methoxy groups -OCH3 is 1. The molecule has 4 nitrogen and oxygen atoms in total. The molecular formula is C13H17BrO4. The number of halogens is 1. The normalized spacial score (nSPS) is 11.4. The number of aromatic hydroxyl groups is 1. The summed E-state index contributed by atoms with van der Waals surface area (Å²) in [6.07, 6.45) is -0.0684. The highest BCUT2D eigenvalue weighted by molar-refractivity contribution is 9.10. The number of carboxylic acids is 1. The van der Waals surface area contributed by atoms with E-state index in [0.717, 1.165) is 10.0 Å². The molecule has 0 heterocycles. The maximum Gasteiger partial charge on any atom is 0.304 e. The lowest BCUT2D eigenvalue weighted by molar-refractivity contribution is -0.138. The van der Waals surface area contributed by atoms with Gasteiger partial charge >= 0.3 is 5.97 Å². The first kappa shape index (κ1) is 14.8. The first-order valence-corrected chi connectivity index (χ1v) is 6.28. The number of phenolic OH excluding ortho intramolecular Hbond substituents is 1. The Morgan fingerprint density at radius 3 is 2.50 bits per heavy atom. The molecule has 1 rings (SSSR count). The van der Waals surface area contributed by atoms with Crippen molar-refractivity contribution in [2.75, 3.05) is 7.11 Å². The summed E-state index contributed by atoms with van der Waals surface area (Å²) in [5, 5.41) is 19.2. The second kappa shape index (κ2) is 5.18. The molecule has 0 unspecified atom stereocenters. The number of phenols is 1. The Balaban J connectivity index is 3.47. The first-order chi connectivity index (χ1) is 8.20. The van der Waals surface area contributed by atoms with E-state index in [1.807, 2.05) is 6.92 Å². The van der Waals surface area contributed by atoms with Gasteiger partial charge in [0.2, 0.25) is 0 Å². The van der Waals surface area contributed by atoms with Crippen molar-refractivity contribution in [1.29, 1.82) is 0 Å². The van der Waals surface area contributed by atoms with Gasteiger partial charge in [0.05, 0.1) is 13.5 Å². The van der Waals surface area contributed by atoms with Crippen molar-refractivity contribution < 1.29 is 19.7 Å². The second-order valence-corrected chi connectivity index (χ2v) is 5.72. The molecule has 5 heteroatoms. The number of hydrogen-bond acceptors (Lipinski definition) is 3. The quantitative estimate of drug-likeness (QED) is 0.895. The van der Waals surface area contributed by atoms with Crippen LogP contribution in [0.25, 0.3) is 0 Å². The fourth-order valence-electron chi connectivity index (χ4n) is 2.16. The maximum atomic E-state index is 10.9. The van der Waals surface area contributed by atoms with Crippen molar-refractivity contribution in [2.45, 2.75) is 32.6 Å². The molecule has 0 radical (unpaired) electrons. The Kier molecular flexibility index (Phi) is 4.27. The van der Waals surface area contributed by atoms with E-state index in [9.17, 15) is 9.90 Å². The van der Waals surface area contributed by atoms with Gasteiger partial charge in [0.15, 0.2) is 11.5 Å². The summed E-state index contributed by atoms with van der Waals surface area (Å²) in [6.45, 7) is 5.41. The first-order valence-electron chi connectivity index (χ1n) is 5.49. The number of carbonyl (C=O) groups is 1. The number of carboxylic acid groups (broad SMARTS) is 1. The van der Waals surface area contributed by atoms with Crippen LogP contribution in [0.3, 0.4) is 0 Å². The van der Waals surface area contributed by atoms with Crippen LogP contribution in [0.1, 0.15) is 31.4 Å². The fourth-order valence-corrected chi connectivity index (χ4v) is 2.57. The molecule has 0 aliphatic rings. The second-order valence-electron chi connectivity index (χ2n) is 4.86. The van der Waals surface area contributed by atoms with E-state index in [4.69, 9.17) is 9.84 Å². The number of ether oxygens (including phenoxy) is 1. The minimum absolute atomic E-state index is 0.00412. The van der Waals surface area contributed by atoms with Crippen molar-refractivity contribution in [3.8, 4) is 11.5 Å². The minimum atomic E-state index is -0.905. The predicted octanol–water partition coefficient (Wildman–Crippen LogP) is 3.22. The van der Waals surface area contributed by atoms with Gasteiger partial charge in [-0.15, -0.1) is 0 Å². The highest BCUT2D eigenvalue weighted by Gasteiger charge is 2.31. The van der Waals surface area contributed by atoms with Crippen molar-refractivity contribution in [2.24, 2.45) is 0 Å². The van der Waals surface area contributed by atoms with Crippen LogP contribution in [0.5, 0.6) is 11.5 Å². The topological polar surface area (TPSA) is 66.8 Å². The largest absolute Gasteiger partial charge is 0.504 e. The lowest BCUT2D eigenvalue weighted by Crippen LogP contribution is -2.23. The molecule has 0 aliphatic carbocycles. The average Bonchev–Trinajstić information content (AvgIpc) is 2.21. The third-order valence-corrected chi connectivity index (χ3v) is 3.77. The van der Waals surface area contributed by atoms with Crippen LogP contribution < -0.4 is 4.74 Å². The number of benzene rings is 1. The van der Waals surface area contributed by atoms with Gasteiger partial charge in [0, 0.05) is 15.5 Å². The summed E-state index contributed by atoms with van der Waals surface area (Å²) >= 11 is 3.39. The predicted molar refractivity (Wildman–Crippen MR) is 72.4 cm³/mol. The summed E-state index contributed by atoms with van der Waals surface area (Å²) in [7, 11) is 1.46. The van der Waals surface area contributed by atoms with Crippen LogP contribution in [-0.4, -0.2) is 23.3 Å². The lowest BCUT2D eigenvalue weighted by atomic mass is 9.78. The molecule has 0 amide bonds. The molecule has 0 saturated heterocycles. The number of rotatable bonds is 4. The van der Waals surface area contributed by atoms with Crippen LogP contribution in [0, 0.1) is 6.92 Å². The molecule has 1 aromatic carbocycles. The van der Waals surface area contributed by atoms with E-state index in [2.05, 4.69) is 15.9 Å². The van der Waals surface area contributed by atoms with Crippen molar-refractivity contribution in [1.82, 2.24) is 0 Å². The Morgan fingerprint density at radius 2 is 2.06 bits per heavy atom.